The van der Waals surface area contributed by atoms with Crippen LogP contribution in [-0.2, 0) is 19.6 Å². The summed E-state index contributed by atoms with van der Waals surface area (Å²) >= 11 is 0. The summed E-state index contributed by atoms with van der Waals surface area (Å²) in [6.45, 7) is 6.54. The standard InChI is InChI=1S/C23H34N4O4S/c1-3-25(4-2)32(30,31)18-11-12-19-21(16-18)27(17-22(28)24-13-7-5-8-14-24)23(29)20-10-6-9-15-26(19)20/h11-12,16,20H,3-10,13-15,17H2,1-2H3/t20-/m0/s1. The number of rotatable bonds is 6. The van der Waals surface area contributed by atoms with Crippen LogP contribution < -0.4 is 9.80 Å². The van der Waals surface area contributed by atoms with Crippen molar-refractivity contribution in [1.82, 2.24) is 9.21 Å². The van der Waals surface area contributed by atoms with Crippen molar-refractivity contribution >= 4 is 33.2 Å². The van der Waals surface area contributed by atoms with E-state index in [1.54, 1.807) is 17.0 Å². The van der Waals surface area contributed by atoms with Crippen LogP contribution in [0, 0.1) is 0 Å². The molecule has 0 aromatic heterocycles. The molecule has 2 amide bonds. The maximum absolute atomic E-state index is 13.5. The summed E-state index contributed by atoms with van der Waals surface area (Å²) in [4.78, 5) is 32.2. The van der Waals surface area contributed by atoms with Crippen LogP contribution in [0.3, 0.4) is 0 Å². The number of anilines is 2. The van der Waals surface area contributed by atoms with Crippen LogP contribution >= 0.6 is 0 Å². The Morgan fingerprint density at radius 1 is 1.00 bits per heavy atom. The third kappa shape index (κ3) is 4.12. The molecule has 3 heterocycles. The lowest BCUT2D eigenvalue weighted by atomic mass is 9.96. The van der Waals surface area contributed by atoms with E-state index in [2.05, 4.69) is 4.90 Å². The second-order valence-electron chi connectivity index (χ2n) is 8.81. The Labute approximate surface area is 191 Å². The zero-order valence-electron chi connectivity index (χ0n) is 19.1. The molecule has 4 rings (SSSR count). The Morgan fingerprint density at radius 2 is 1.69 bits per heavy atom. The van der Waals surface area contributed by atoms with Crippen molar-refractivity contribution in [2.75, 3.05) is 49.1 Å². The highest BCUT2D eigenvalue weighted by molar-refractivity contribution is 7.89. The summed E-state index contributed by atoms with van der Waals surface area (Å²) in [7, 11) is -3.67. The van der Waals surface area contributed by atoms with E-state index in [0.717, 1.165) is 63.8 Å². The number of carbonyl (C=O) groups is 2. The Hall–Kier alpha value is -2.13. The van der Waals surface area contributed by atoms with Gasteiger partial charge in [0.1, 0.15) is 12.6 Å². The summed E-state index contributed by atoms with van der Waals surface area (Å²) in [6.07, 6.45) is 5.82. The zero-order valence-corrected chi connectivity index (χ0v) is 19.9. The quantitative estimate of drug-likeness (QED) is 0.649. The van der Waals surface area contributed by atoms with E-state index in [4.69, 9.17) is 0 Å². The number of likely N-dealkylation sites (tertiary alicyclic amines) is 1. The predicted molar refractivity (Wildman–Crippen MR) is 124 cm³/mol. The Balaban J connectivity index is 1.73. The maximum atomic E-state index is 13.5. The molecule has 176 valence electrons. The Bertz CT molecular complexity index is 970. The SMILES string of the molecule is CCN(CC)S(=O)(=O)c1ccc2c(c1)N(CC(=O)N1CCCCC1)C(=O)[C@@H]1CCCCN21. The monoisotopic (exact) mass is 462 g/mol. The van der Waals surface area contributed by atoms with Crippen LogP contribution in [0.4, 0.5) is 11.4 Å². The molecule has 0 aliphatic carbocycles. The molecule has 3 aliphatic rings. The van der Waals surface area contributed by atoms with Gasteiger partial charge in [0.15, 0.2) is 0 Å². The Morgan fingerprint density at radius 3 is 2.38 bits per heavy atom. The summed E-state index contributed by atoms with van der Waals surface area (Å²) in [5, 5.41) is 0. The number of benzene rings is 1. The molecule has 2 saturated heterocycles. The van der Waals surface area contributed by atoms with E-state index in [9.17, 15) is 18.0 Å². The normalized spacial score (nSPS) is 21.5. The van der Waals surface area contributed by atoms with Crippen LogP contribution in [0.15, 0.2) is 23.1 Å². The molecule has 0 bridgehead atoms. The van der Waals surface area contributed by atoms with Gasteiger partial charge in [0, 0.05) is 32.7 Å². The number of carbonyl (C=O) groups excluding carboxylic acids is 2. The van der Waals surface area contributed by atoms with E-state index < -0.39 is 10.0 Å². The summed E-state index contributed by atoms with van der Waals surface area (Å²) in [5.74, 6) is -0.162. The van der Waals surface area contributed by atoms with Gasteiger partial charge in [-0.05, 0) is 56.7 Å². The highest BCUT2D eigenvalue weighted by Gasteiger charge is 2.41. The van der Waals surface area contributed by atoms with Crippen molar-refractivity contribution < 1.29 is 18.0 Å². The van der Waals surface area contributed by atoms with Crippen molar-refractivity contribution in [3.63, 3.8) is 0 Å². The minimum Gasteiger partial charge on any atom is -0.358 e. The third-order valence-corrected chi connectivity index (χ3v) is 8.99. The van der Waals surface area contributed by atoms with Crippen molar-refractivity contribution in [3.8, 4) is 0 Å². The van der Waals surface area contributed by atoms with Gasteiger partial charge in [0.05, 0.1) is 16.3 Å². The van der Waals surface area contributed by atoms with Gasteiger partial charge in [-0.2, -0.15) is 4.31 Å². The van der Waals surface area contributed by atoms with Crippen molar-refractivity contribution in [2.45, 2.75) is 63.3 Å². The topological polar surface area (TPSA) is 81.2 Å². The largest absolute Gasteiger partial charge is 0.358 e. The van der Waals surface area contributed by atoms with E-state index in [-0.39, 0.29) is 29.3 Å². The van der Waals surface area contributed by atoms with Gasteiger partial charge in [0.2, 0.25) is 21.8 Å². The molecule has 8 nitrogen and oxygen atoms in total. The Kier molecular flexibility index (Phi) is 6.76. The van der Waals surface area contributed by atoms with E-state index >= 15 is 0 Å². The lowest BCUT2D eigenvalue weighted by Gasteiger charge is -2.45. The first kappa shape index (κ1) is 23.0. The number of hydrogen-bond acceptors (Lipinski definition) is 5. The number of amides is 2. The van der Waals surface area contributed by atoms with Gasteiger partial charge in [-0.15, -0.1) is 0 Å². The van der Waals surface area contributed by atoms with Gasteiger partial charge in [-0.1, -0.05) is 13.8 Å². The molecule has 0 saturated carbocycles. The van der Waals surface area contributed by atoms with Gasteiger partial charge in [0.25, 0.3) is 0 Å². The van der Waals surface area contributed by atoms with Gasteiger partial charge in [-0.3, -0.25) is 14.5 Å². The lowest BCUT2D eigenvalue weighted by Crippen LogP contribution is -2.57. The van der Waals surface area contributed by atoms with E-state index in [1.165, 1.54) is 4.31 Å². The third-order valence-electron chi connectivity index (χ3n) is 6.95. The number of piperidine rings is 2. The highest BCUT2D eigenvalue weighted by atomic mass is 32.2. The predicted octanol–water partition coefficient (Wildman–Crippen LogP) is 2.44. The fourth-order valence-electron chi connectivity index (χ4n) is 5.15. The van der Waals surface area contributed by atoms with Crippen LogP contribution in [-0.4, -0.2) is 74.7 Å². The average molecular weight is 463 g/mol. The van der Waals surface area contributed by atoms with Crippen LogP contribution in [0.5, 0.6) is 0 Å². The first-order chi connectivity index (χ1) is 15.4. The lowest BCUT2D eigenvalue weighted by molar-refractivity contribution is -0.132. The molecule has 32 heavy (non-hydrogen) atoms. The van der Waals surface area contributed by atoms with E-state index in [0.29, 0.717) is 18.8 Å². The molecule has 0 N–H and O–H groups in total. The molecule has 9 heteroatoms. The first-order valence-corrected chi connectivity index (χ1v) is 13.3. The smallest absolute Gasteiger partial charge is 0.250 e. The number of nitrogens with zero attached hydrogens (tertiary/aromatic N) is 4. The fourth-order valence-corrected chi connectivity index (χ4v) is 6.63. The summed E-state index contributed by atoms with van der Waals surface area (Å²) in [5.41, 5.74) is 1.38. The molecule has 2 fully saturated rings. The van der Waals surface area contributed by atoms with Gasteiger partial charge in [-0.25, -0.2) is 8.42 Å². The van der Waals surface area contributed by atoms with E-state index in [1.807, 2.05) is 24.8 Å². The van der Waals surface area contributed by atoms with Crippen LogP contribution in [0.2, 0.25) is 0 Å². The highest BCUT2D eigenvalue weighted by Crippen LogP contribution is 2.41. The van der Waals surface area contributed by atoms with Gasteiger partial charge < -0.3 is 9.80 Å². The van der Waals surface area contributed by atoms with Crippen molar-refractivity contribution in [3.05, 3.63) is 18.2 Å². The number of fused-ring (bicyclic) bond motifs is 3. The number of hydrogen-bond donors (Lipinski definition) is 0. The minimum atomic E-state index is -3.67. The second kappa shape index (κ2) is 9.39. The molecular formula is C23H34N4O4S. The van der Waals surface area contributed by atoms with Gasteiger partial charge >= 0.3 is 0 Å². The minimum absolute atomic E-state index is 0.0368. The molecular weight excluding hydrogens is 428 g/mol. The second-order valence-corrected chi connectivity index (χ2v) is 10.7. The molecule has 1 aromatic rings. The molecule has 1 atom stereocenters. The zero-order chi connectivity index (χ0) is 22.9. The molecule has 3 aliphatic heterocycles. The molecule has 0 spiro atoms. The summed E-state index contributed by atoms with van der Waals surface area (Å²) in [6, 6.07) is 4.76. The van der Waals surface area contributed by atoms with Crippen molar-refractivity contribution in [2.24, 2.45) is 0 Å². The molecule has 0 unspecified atom stereocenters. The first-order valence-electron chi connectivity index (χ1n) is 11.9. The summed E-state index contributed by atoms with van der Waals surface area (Å²) < 4.78 is 27.7. The fraction of sp³-hybridized carbons (Fsp3) is 0.652. The average Bonchev–Trinajstić information content (AvgIpc) is 2.82. The maximum Gasteiger partial charge on any atom is 0.250 e. The molecule has 1 aromatic carbocycles. The number of sulfonamides is 1. The van der Waals surface area contributed by atoms with Crippen molar-refractivity contribution in [1.29, 1.82) is 0 Å². The van der Waals surface area contributed by atoms with Crippen LogP contribution in [0.1, 0.15) is 52.4 Å². The molecule has 0 radical (unpaired) electrons. The van der Waals surface area contributed by atoms with Crippen LogP contribution in [0.25, 0.3) is 0 Å².